The molecule has 5 heteroatoms. The molecule has 1 atom stereocenters. The first kappa shape index (κ1) is 11.8. The number of carbonyl (C=O) groups excluding carboxylic acids is 1. The summed E-state index contributed by atoms with van der Waals surface area (Å²) >= 11 is 0. The molecule has 0 aliphatic carbocycles. The van der Waals surface area contributed by atoms with Crippen LogP contribution < -0.4 is 0 Å². The lowest BCUT2D eigenvalue weighted by Gasteiger charge is -2.03. The van der Waals surface area contributed by atoms with E-state index in [0.29, 0.717) is 0 Å². The van der Waals surface area contributed by atoms with Crippen LogP contribution in [0.15, 0.2) is 29.2 Å². The van der Waals surface area contributed by atoms with Gasteiger partial charge in [-0.2, -0.15) is 0 Å². The van der Waals surface area contributed by atoms with E-state index >= 15 is 0 Å². The van der Waals surface area contributed by atoms with E-state index in [-0.39, 0.29) is 22.5 Å². The molecule has 82 valence electrons. The first-order valence-corrected chi connectivity index (χ1v) is 6.08. The van der Waals surface area contributed by atoms with Gasteiger partial charge < -0.3 is 0 Å². The first-order chi connectivity index (χ1) is 7.01. The molecule has 0 saturated heterocycles. The van der Waals surface area contributed by atoms with E-state index in [1.807, 2.05) is 0 Å². The van der Waals surface area contributed by atoms with Crippen molar-refractivity contribution in [1.29, 1.82) is 0 Å². The van der Waals surface area contributed by atoms with Crippen LogP contribution in [-0.2, 0) is 14.6 Å². The Kier molecular flexibility index (Phi) is 3.57. The third-order valence-electron chi connectivity index (χ3n) is 2.06. The van der Waals surface area contributed by atoms with Crippen LogP contribution in [0.5, 0.6) is 0 Å². The van der Waals surface area contributed by atoms with E-state index in [1.165, 1.54) is 31.2 Å². The summed E-state index contributed by atoms with van der Waals surface area (Å²) in [5.41, 5.74) is 0.167. The summed E-state index contributed by atoms with van der Waals surface area (Å²) in [6.07, 6.45) is -1.52. The van der Waals surface area contributed by atoms with Crippen LogP contribution in [0.2, 0.25) is 0 Å². The van der Waals surface area contributed by atoms with Crippen molar-refractivity contribution in [3.05, 3.63) is 29.8 Å². The highest BCUT2D eigenvalue weighted by molar-refractivity contribution is 7.91. The van der Waals surface area contributed by atoms with Crippen molar-refractivity contribution >= 4 is 16.1 Å². The lowest BCUT2D eigenvalue weighted by atomic mass is 10.1. The number of sulfone groups is 1. The Morgan fingerprint density at radius 2 is 1.87 bits per heavy atom. The molecule has 0 saturated carbocycles. The molecule has 0 spiro atoms. The van der Waals surface area contributed by atoms with Gasteiger partial charge in [0, 0.05) is 0 Å². The molecule has 0 aromatic heterocycles. The van der Waals surface area contributed by atoms with Gasteiger partial charge in [0.2, 0.25) is 0 Å². The molecule has 0 bridgehead atoms. The lowest BCUT2D eigenvalue weighted by molar-refractivity contribution is -0.112. The van der Waals surface area contributed by atoms with Gasteiger partial charge in [0.15, 0.2) is 22.3 Å². The summed E-state index contributed by atoms with van der Waals surface area (Å²) in [6, 6.07) is 5.23. The number of rotatable bonds is 4. The van der Waals surface area contributed by atoms with E-state index < -0.39 is 16.0 Å². The van der Waals surface area contributed by atoms with E-state index in [1.54, 1.807) is 0 Å². The molecule has 0 N–H and O–H groups in total. The maximum Gasteiger partial charge on any atom is 0.180 e. The second-order valence-electron chi connectivity index (χ2n) is 3.01. The topological polar surface area (TPSA) is 51.2 Å². The second kappa shape index (κ2) is 4.53. The second-order valence-corrected chi connectivity index (χ2v) is 5.29. The van der Waals surface area contributed by atoms with Crippen LogP contribution in [0.25, 0.3) is 0 Å². The normalized spacial score (nSPS) is 13.5. The Morgan fingerprint density at radius 3 is 2.27 bits per heavy atom. The van der Waals surface area contributed by atoms with Gasteiger partial charge in [-0.1, -0.05) is 19.1 Å². The van der Waals surface area contributed by atoms with Crippen LogP contribution in [0.1, 0.15) is 18.7 Å². The molecule has 0 aliphatic heterocycles. The van der Waals surface area contributed by atoms with Gasteiger partial charge in [-0.05, 0) is 17.7 Å². The molecule has 1 unspecified atom stereocenters. The lowest BCUT2D eigenvalue weighted by Crippen LogP contribution is -2.03. The third kappa shape index (κ3) is 2.62. The van der Waals surface area contributed by atoms with Gasteiger partial charge in [-0.15, -0.1) is 0 Å². The average Bonchev–Trinajstić information content (AvgIpc) is 2.28. The molecule has 1 aromatic carbocycles. The zero-order valence-electron chi connectivity index (χ0n) is 8.18. The molecule has 0 radical (unpaired) electrons. The molecule has 0 amide bonds. The quantitative estimate of drug-likeness (QED) is 0.739. The Balaban J connectivity index is 3.05. The highest BCUT2D eigenvalue weighted by atomic mass is 32.2. The Labute approximate surface area is 87.8 Å². The minimum atomic E-state index is -3.26. The van der Waals surface area contributed by atoms with E-state index in [4.69, 9.17) is 0 Å². The molecule has 0 fully saturated rings. The number of aldehydes is 1. The summed E-state index contributed by atoms with van der Waals surface area (Å²) in [5, 5.41) is 0. The fourth-order valence-electron chi connectivity index (χ4n) is 1.10. The van der Waals surface area contributed by atoms with Gasteiger partial charge in [0.05, 0.1) is 10.6 Å². The Morgan fingerprint density at radius 1 is 1.33 bits per heavy atom. The summed E-state index contributed by atoms with van der Waals surface area (Å²) in [6.45, 7) is 1.53. The highest BCUT2D eigenvalue weighted by Gasteiger charge is 2.13. The smallest absolute Gasteiger partial charge is 0.180 e. The van der Waals surface area contributed by atoms with Crippen molar-refractivity contribution in [1.82, 2.24) is 0 Å². The number of carbonyl (C=O) groups is 1. The van der Waals surface area contributed by atoms with Crippen LogP contribution >= 0.6 is 0 Å². The maximum absolute atomic E-state index is 12.9. The van der Waals surface area contributed by atoms with Crippen LogP contribution in [0, 0.1) is 0 Å². The summed E-state index contributed by atoms with van der Waals surface area (Å²) in [4.78, 5) is 10.3. The van der Waals surface area contributed by atoms with Crippen LogP contribution in [0.4, 0.5) is 4.39 Å². The van der Waals surface area contributed by atoms with Crippen molar-refractivity contribution in [2.45, 2.75) is 18.0 Å². The number of alkyl halides is 1. The largest absolute Gasteiger partial charge is 0.300 e. The predicted octanol–water partition coefficient (Wildman–Crippen LogP) is 1.69. The SMILES string of the molecule is CCS(=O)(=O)c1ccc(C(F)C=O)cc1. The van der Waals surface area contributed by atoms with Gasteiger partial charge in [0.1, 0.15) is 0 Å². The number of halogens is 1. The van der Waals surface area contributed by atoms with E-state index in [9.17, 15) is 17.6 Å². The molecule has 15 heavy (non-hydrogen) atoms. The summed E-state index contributed by atoms with van der Waals surface area (Å²) in [5.74, 6) is -0.000912. The van der Waals surface area contributed by atoms with Gasteiger partial charge in [-0.25, -0.2) is 12.8 Å². The molecule has 1 rings (SSSR count). The zero-order valence-corrected chi connectivity index (χ0v) is 9.00. The molecule has 1 aromatic rings. The number of hydrogen-bond acceptors (Lipinski definition) is 3. The standard InChI is InChI=1S/C10H11FO3S/c1-2-15(13,14)9-5-3-8(4-6-9)10(11)7-12/h3-7,10H,2H2,1H3. The molecule has 0 aliphatic rings. The fraction of sp³-hybridized carbons (Fsp3) is 0.300. The van der Waals surface area contributed by atoms with Crippen molar-refractivity contribution in [2.75, 3.05) is 5.75 Å². The first-order valence-electron chi connectivity index (χ1n) is 4.43. The number of benzene rings is 1. The summed E-state index contributed by atoms with van der Waals surface area (Å²) < 4.78 is 35.6. The van der Waals surface area contributed by atoms with Gasteiger partial charge >= 0.3 is 0 Å². The molecular weight excluding hydrogens is 219 g/mol. The van der Waals surface area contributed by atoms with E-state index in [0.717, 1.165) is 0 Å². The predicted molar refractivity (Wildman–Crippen MR) is 54.1 cm³/mol. The van der Waals surface area contributed by atoms with Gasteiger partial charge in [-0.3, -0.25) is 4.79 Å². The minimum Gasteiger partial charge on any atom is -0.300 e. The van der Waals surface area contributed by atoms with Crippen molar-refractivity contribution in [3.8, 4) is 0 Å². The monoisotopic (exact) mass is 230 g/mol. The Bertz CT molecular complexity index is 436. The van der Waals surface area contributed by atoms with E-state index in [2.05, 4.69) is 0 Å². The van der Waals surface area contributed by atoms with Gasteiger partial charge in [0.25, 0.3) is 0 Å². The van der Waals surface area contributed by atoms with Crippen molar-refractivity contribution < 1.29 is 17.6 Å². The third-order valence-corrected chi connectivity index (χ3v) is 3.81. The average molecular weight is 230 g/mol. The number of hydrogen-bond donors (Lipinski definition) is 0. The Hall–Kier alpha value is -1.23. The maximum atomic E-state index is 12.9. The van der Waals surface area contributed by atoms with Crippen LogP contribution in [-0.4, -0.2) is 20.5 Å². The molecule has 0 heterocycles. The van der Waals surface area contributed by atoms with Crippen LogP contribution in [0.3, 0.4) is 0 Å². The highest BCUT2D eigenvalue weighted by Crippen LogP contribution is 2.18. The zero-order chi connectivity index (χ0) is 11.5. The molecular formula is C10H11FO3S. The summed E-state index contributed by atoms with van der Waals surface area (Å²) in [7, 11) is -3.26. The molecule has 3 nitrogen and oxygen atoms in total. The van der Waals surface area contributed by atoms with Crippen molar-refractivity contribution in [3.63, 3.8) is 0 Å². The minimum absolute atomic E-state index is 0.000912. The van der Waals surface area contributed by atoms with Crippen molar-refractivity contribution in [2.24, 2.45) is 0 Å². The fourth-order valence-corrected chi connectivity index (χ4v) is 1.99.